The van der Waals surface area contributed by atoms with Crippen LogP contribution in [0.25, 0.3) is 0 Å². The zero-order valence-corrected chi connectivity index (χ0v) is 11.5. The van der Waals surface area contributed by atoms with E-state index in [1.807, 2.05) is 11.4 Å². The zero-order valence-electron chi connectivity index (χ0n) is 9.06. The molecule has 0 saturated heterocycles. The van der Waals surface area contributed by atoms with Gasteiger partial charge in [-0.1, -0.05) is 6.07 Å². The van der Waals surface area contributed by atoms with E-state index in [2.05, 4.69) is 21.2 Å². The van der Waals surface area contributed by atoms with Crippen LogP contribution in [0.2, 0.25) is 0 Å². The molecule has 0 atom stereocenters. The van der Waals surface area contributed by atoms with Gasteiger partial charge in [0.2, 0.25) is 0 Å². The molecule has 1 aromatic carbocycles. The lowest BCUT2D eigenvalue weighted by molar-refractivity contribution is 0.582. The van der Waals surface area contributed by atoms with E-state index >= 15 is 0 Å². The number of thiophene rings is 1. The number of anilines is 1. The largest absolute Gasteiger partial charge is 0.375 e. The molecule has 0 aliphatic heterocycles. The molecule has 0 unspecified atom stereocenters. The minimum atomic E-state index is -0.569. The Hall–Kier alpha value is -0.940. The van der Waals surface area contributed by atoms with Gasteiger partial charge in [-0.25, -0.2) is 8.78 Å². The van der Waals surface area contributed by atoms with Crippen molar-refractivity contribution in [2.45, 2.75) is 13.5 Å². The lowest BCUT2D eigenvalue weighted by Crippen LogP contribution is -2.04. The monoisotopic (exact) mass is 317 g/mol. The number of benzene rings is 1. The predicted molar refractivity (Wildman–Crippen MR) is 70.4 cm³/mol. The molecule has 0 amide bonds. The molecule has 1 nitrogen and oxygen atoms in total. The topological polar surface area (TPSA) is 12.0 Å². The summed E-state index contributed by atoms with van der Waals surface area (Å²) in [6.45, 7) is 2.01. The second kappa shape index (κ2) is 5.14. The van der Waals surface area contributed by atoms with Gasteiger partial charge < -0.3 is 5.32 Å². The van der Waals surface area contributed by atoms with Crippen LogP contribution >= 0.6 is 27.3 Å². The van der Waals surface area contributed by atoms with Gasteiger partial charge in [-0.05, 0) is 45.9 Å². The number of halogens is 3. The Balaban J connectivity index is 2.20. The average molecular weight is 318 g/mol. The zero-order chi connectivity index (χ0) is 12.4. The molecule has 0 fully saturated rings. The number of hydrogen-bond acceptors (Lipinski definition) is 2. The molecule has 1 aromatic heterocycles. The van der Waals surface area contributed by atoms with Crippen molar-refractivity contribution in [1.29, 1.82) is 0 Å². The summed E-state index contributed by atoms with van der Waals surface area (Å²) in [7, 11) is 0. The van der Waals surface area contributed by atoms with Gasteiger partial charge in [-0.15, -0.1) is 11.3 Å². The SMILES string of the molecule is Cc1ccc(F)c(NCc2sccc2Br)c1F. The number of hydrogen-bond donors (Lipinski definition) is 1. The molecule has 5 heteroatoms. The second-order valence-corrected chi connectivity index (χ2v) is 5.45. The summed E-state index contributed by atoms with van der Waals surface area (Å²) in [4.78, 5) is 1.00. The predicted octanol–water partition coefficient (Wildman–Crippen LogP) is 4.71. The lowest BCUT2D eigenvalue weighted by Gasteiger charge is -2.09. The van der Waals surface area contributed by atoms with Crippen LogP contribution in [-0.4, -0.2) is 0 Å². The van der Waals surface area contributed by atoms with Crippen LogP contribution in [0, 0.1) is 18.6 Å². The summed E-state index contributed by atoms with van der Waals surface area (Å²) < 4.78 is 28.1. The van der Waals surface area contributed by atoms with Crippen molar-refractivity contribution >= 4 is 33.0 Å². The minimum absolute atomic E-state index is 0.0645. The first-order chi connectivity index (χ1) is 8.09. The van der Waals surface area contributed by atoms with Gasteiger partial charge in [0, 0.05) is 9.35 Å². The van der Waals surface area contributed by atoms with Crippen LogP contribution in [-0.2, 0) is 6.54 Å². The van der Waals surface area contributed by atoms with E-state index in [4.69, 9.17) is 0 Å². The van der Waals surface area contributed by atoms with Gasteiger partial charge in [0.1, 0.15) is 11.5 Å². The van der Waals surface area contributed by atoms with Crippen molar-refractivity contribution in [3.8, 4) is 0 Å². The van der Waals surface area contributed by atoms with Crippen molar-refractivity contribution in [3.05, 3.63) is 50.1 Å². The molecule has 2 aromatic rings. The molecule has 0 spiro atoms. The molecule has 0 aliphatic rings. The summed E-state index contributed by atoms with van der Waals surface area (Å²) in [6, 6.07) is 4.60. The first-order valence-electron chi connectivity index (χ1n) is 5.00. The highest BCUT2D eigenvalue weighted by molar-refractivity contribution is 9.10. The quantitative estimate of drug-likeness (QED) is 0.864. The van der Waals surface area contributed by atoms with Crippen LogP contribution in [0.4, 0.5) is 14.5 Å². The number of rotatable bonds is 3. The third-order valence-corrected chi connectivity index (χ3v) is 4.33. The fraction of sp³-hybridized carbons (Fsp3) is 0.167. The van der Waals surface area contributed by atoms with Gasteiger partial charge in [0.25, 0.3) is 0 Å². The Morgan fingerprint density at radius 2 is 2.06 bits per heavy atom. The fourth-order valence-corrected chi connectivity index (χ4v) is 2.87. The Morgan fingerprint density at radius 3 is 2.71 bits per heavy atom. The Labute approximate surface area is 111 Å². The van der Waals surface area contributed by atoms with Crippen molar-refractivity contribution in [3.63, 3.8) is 0 Å². The maximum atomic E-state index is 13.7. The molecule has 1 heterocycles. The highest BCUT2D eigenvalue weighted by Gasteiger charge is 2.11. The number of aryl methyl sites for hydroxylation is 1. The van der Waals surface area contributed by atoms with E-state index in [9.17, 15) is 8.78 Å². The Kier molecular flexibility index (Phi) is 3.79. The molecule has 0 bridgehead atoms. The third-order valence-electron chi connectivity index (χ3n) is 2.40. The van der Waals surface area contributed by atoms with Gasteiger partial charge in [0.05, 0.1) is 6.54 Å². The summed E-state index contributed by atoms with van der Waals surface area (Å²) in [5.41, 5.74) is 0.365. The molecular weight excluding hydrogens is 308 g/mol. The van der Waals surface area contributed by atoms with Gasteiger partial charge >= 0.3 is 0 Å². The third kappa shape index (κ3) is 2.66. The first-order valence-corrected chi connectivity index (χ1v) is 6.67. The molecule has 1 N–H and O–H groups in total. The molecule has 0 saturated carbocycles. The minimum Gasteiger partial charge on any atom is -0.375 e. The van der Waals surface area contributed by atoms with E-state index in [1.54, 1.807) is 6.92 Å². The van der Waals surface area contributed by atoms with Gasteiger partial charge in [-0.2, -0.15) is 0 Å². The standard InChI is InChI=1S/C12H10BrF2NS/c1-7-2-3-9(14)12(11(7)15)16-6-10-8(13)4-5-17-10/h2-5,16H,6H2,1H3. The molecule has 0 radical (unpaired) electrons. The number of nitrogens with one attached hydrogen (secondary N) is 1. The molecule has 2 rings (SSSR count). The van der Waals surface area contributed by atoms with Crippen molar-refractivity contribution in [2.24, 2.45) is 0 Å². The second-order valence-electron chi connectivity index (χ2n) is 3.60. The summed E-state index contributed by atoms with van der Waals surface area (Å²) in [6.07, 6.45) is 0. The van der Waals surface area contributed by atoms with E-state index in [0.717, 1.165) is 9.35 Å². The average Bonchev–Trinajstić information content (AvgIpc) is 2.70. The van der Waals surface area contributed by atoms with Crippen LogP contribution < -0.4 is 5.32 Å². The van der Waals surface area contributed by atoms with E-state index < -0.39 is 11.6 Å². The van der Waals surface area contributed by atoms with Crippen molar-refractivity contribution in [1.82, 2.24) is 0 Å². The smallest absolute Gasteiger partial charge is 0.152 e. The normalized spacial score (nSPS) is 10.6. The lowest BCUT2D eigenvalue weighted by atomic mass is 10.2. The first kappa shape index (κ1) is 12.5. The molecule has 0 aliphatic carbocycles. The molecular formula is C12H10BrF2NS. The Bertz CT molecular complexity index is 539. The highest BCUT2D eigenvalue weighted by Crippen LogP contribution is 2.26. The fourth-order valence-electron chi connectivity index (χ4n) is 1.44. The van der Waals surface area contributed by atoms with Crippen LogP contribution in [0.15, 0.2) is 28.1 Å². The van der Waals surface area contributed by atoms with E-state index in [0.29, 0.717) is 12.1 Å². The van der Waals surface area contributed by atoms with Crippen molar-refractivity contribution in [2.75, 3.05) is 5.32 Å². The van der Waals surface area contributed by atoms with E-state index in [1.165, 1.54) is 23.5 Å². The Morgan fingerprint density at radius 1 is 1.29 bits per heavy atom. The molecule has 90 valence electrons. The van der Waals surface area contributed by atoms with Crippen LogP contribution in [0.1, 0.15) is 10.4 Å². The maximum absolute atomic E-state index is 13.7. The van der Waals surface area contributed by atoms with Gasteiger partial charge in [0.15, 0.2) is 5.82 Å². The summed E-state index contributed by atoms with van der Waals surface area (Å²) >= 11 is 4.90. The summed E-state index contributed by atoms with van der Waals surface area (Å²) in [5.74, 6) is -1.10. The van der Waals surface area contributed by atoms with Crippen LogP contribution in [0.5, 0.6) is 0 Å². The highest BCUT2D eigenvalue weighted by atomic mass is 79.9. The molecule has 17 heavy (non-hydrogen) atoms. The van der Waals surface area contributed by atoms with E-state index in [-0.39, 0.29) is 5.69 Å². The van der Waals surface area contributed by atoms with Crippen LogP contribution in [0.3, 0.4) is 0 Å². The van der Waals surface area contributed by atoms with Gasteiger partial charge in [-0.3, -0.25) is 0 Å². The van der Waals surface area contributed by atoms with Crippen molar-refractivity contribution < 1.29 is 8.78 Å². The maximum Gasteiger partial charge on any atom is 0.152 e. The summed E-state index contributed by atoms with van der Waals surface area (Å²) in [5, 5.41) is 4.72.